The van der Waals surface area contributed by atoms with E-state index in [-0.39, 0.29) is 11.7 Å². The summed E-state index contributed by atoms with van der Waals surface area (Å²) in [6.07, 6.45) is 2.78. The smallest absolute Gasteiger partial charge is 0.169 e. The highest BCUT2D eigenvalue weighted by Gasteiger charge is 2.34. The topological polar surface area (TPSA) is 60.1 Å². The molecular formula is C24H21N3O2. The molecule has 0 spiro atoms. The van der Waals surface area contributed by atoms with E-state index in [4.69, 9.17) is 9.52 Å². The van der Waals surface area contributed by atoms with E-state index in [1.165, 1.54) is 0 Å². The van der Waals surface area contributed by atoms with Crippen molar-refractivity contribution in [3.05, 3.63) is 95.6 Å². The number of nitrogens with one attached hydrogen (secondary N) is 1. The maximum Gasteiger partial charge on any atom is 0.169 e. The van der Waals surface area contributed by atoms with E-state index in [1.54, 1.807) is 6.26 Å². The van der Waals surface area contributed by atoms with Crippen molar-refractivity contribution in [2.45, 2.75) is 25.7 Å². The van der Waals surface area contributed by atoms with E-state index in [0.717, 1.165) is 28.4 Å². The van der Waals surface area contributed by atoms with Gasteiger partial charge < -0.3 is 9.73 Å². The van der Waals surface area contributed by atoms with Crippen LogP contribution in [0.5, 0.6) is 0 Å². The Kier molecular flexibility index (Phi) is 4.28. The van der Waals surface area contributed by atoms with Crippen molar-refractivity contribution in [2.24, 2.45) is 0 Å². The number of hydrogen-bond donors (Lipinski definition) is 1. The maximum absolute atomic E-state index is 13.2. The minimum Gasteiger partial charge on any atom is -0.469 e. The monoisotopic (exact) mass is 383 g/mol. The molecule has 2 aromatic heterocycles. The molecule has 5 heteroatoms. The van der Waals surface area contributed by atoms with E-state index in [9.17, 15) is 4.79 Å². The molecule has 1 aliphatic carbocycles. The SMILES string of the molecule is Cc1cccc(Nc2nn(-c3ccccc3)c3c2C(=O)C[C@@H](c2ccco2)C3)c1. The van der Waals surface area contributed by atoms with Crippen LogP contribution in [0.2, 0.25) is 0 Å². The Morgan fingerprint density at radius 1 is 1.03 bits per heavy atom. The lowest BCUT2D eigenvalue weighted by Crippen LogP contribution is -2.20. The molecule has 0 aliphatic heterocycles. The van der Waals surface area contributed by atoms with Crippen LogP contribution in [-0.2, 0) is 6.42 Å². The van der Waals surface area contributed by atoms with Gasteiger partial charge in [0.2, 0.25) is 0 Å². The summed E-state index contributed by atoms with van der Waals surface area (Å²) in [6.45, 7) is 2.04. The lowest BCUT2D eigenvalue weighted by atomic mass is 9.85. The first-order valence-electron chi connectivity index (χ1n) is 9.76. The summed E-state index contributed by atoms with van der Waals surface area (Å²) in [5.41, 5.74) is 4.61. The first kappa shape index (κ1) is 17.5. The highest BCUT2D eigenvalue weighted by atomic mass is 16.3. The fraction of sp³-hybridized carbons (Fsp3) is 0.167. The van der Waals surface area contributed by atoms with Crippen molar-refractivity contribution in [3.63, 3.8) is 0 Å². The van der Waals surface area contributed by atoms with E-state index in [1.807, 2.05) is 78.3 Å². The molecule has 0 unspecified atom stereocenters. The number of ketones is 1. The third-order valence-corrected chi connectivity index (χ3v) is 5.36. The van der Waals surface area contributed by atoms with Crippen molar-refractivity contribution in [1.29, 1.82) is 0 Å². The molecule has 0 amide bonds. The predicted octanol–water partition coefficient (Wildman–Crippen LogP) is 5.43. The van der Waals surface area contributed by atoms with Crippen LogP contribution in [0.15, 0.2) is 77.4 Å². The molecule has 1 atom stereocenters. The molecule has 29 heavy (non-hydrogen) atoms. The van der Waals surface area contributed by atoms with Gasteiger partial charge in [0.05, 0.1) is 23.2 Å². The van der Waals surface area contributed by atoms with Crippen LogP contribution >= 0.6 is 0 Å². The Hall–Kier alpha value is -3.60. The van der Waals surface area contributed by atoms with Crippen LogP contribution in [0.1, 0.15) is 39.7 Å². The third-order valence-electron chi connectivity index (χ3n) is 5.36. The van der Waals surface area contributed by atoms with Crippen LogP contribution in [0, 0.1) is 6.92 Å². The Morgan fingerprint density at radius 3 is 2.66 bits per heavy atom. The number of para-hydroxylation sites is 1. The number of anilines is 2. The number of hydrogen-bond acceptors (Lipinski definition) is 4. The van der Waals surface area contributed by atoms with Crippen LogP contribution < -0.4 is 5.32 Å². The minimum absolute atomic E-state index is 0.0241. The normalized spacial score (nSPS) is 15.9. The van der Waals surface area contributed by atoms with Crippen LogP contribution in [0.3, 0.4) is 0 Å². The van der Waals surface area contributed by atoms with Gasteiger partial charge in [-0.2, -0.15) is 0 Å². The van der Waals surface area contributed by atoms with E-state index in [0.29, 0.717) is 24.2 Å². The van der Waals surface area contributed by atoms with Gasteiger partial charge in [-0.1, -0.05) is 30.3 Å². The standard InChI is InChI=1S/C24H21N3O2/c1-16-7-5-8-18(13-16)25-24-23-20(27(26-24)19-9-3-2-4-10-19)14-17(15-21(23)28)22-11-6-12-29-22/h2-13,17H,14-15H2,1H3,(H,25,26)/t17-/m0/s1. The van der Waals surface area contributed by atoms with Gasteiger partial charge in [0, 0.05) is 24.4 Å². The largest absolute Gasteiger partial charge is 0.469 e. The average Bonchev–Trinajstić information content (AvgIpc) is 3.37. The van der Waals surface area contributed by atoms with Crippen molar-refractivity contribution in [1.82, 2.24) is 9.78 Å². The number of nitrogens with zero attached hydrogens (tertiary/aromatic N) is 2. The second kappa shape index (κ2) is 7.09. The third kappa shape index (κ3) is 3.25. The lowest BCUT2D eigenvalue weighted by molar-refractivity contribution is 0.0960. The molecule has 0 saturated heterocycles. The number of carbonyl (C=O) groups excluding carboxylic acids is 1. The van der Waals surface area contributed by atoms with Crippen molar-refractivity contribution >= 4 is 17.3 Å². The number of Topliss-reactive ketones (excluding diaryl/α,β-unsaturated/α-hetero) is 1. The molecular weight excluding hydrogens is 362 g/mol. The highest BCUT2D eigenvalue weighted by molar-refractivity contribution is 6.03. The van der Waals surface area contributed by atoms with Gasteiger partial charge in [0.1, 0.15) is 5.76 Å². The van der Waals surface area contributed by atoms with Crippen LogP contribution in [0.4, 0.5) is 11.5 Å². The minimum atomic E-state index is 0.0241. The Balaban J connectivity index is 1.62. The predicted molar refractivity (Wildman–Crippen MR) is 112 cm³/mol. The zero-order valence-electron chi connectivity index (χ0n) is 16.1. The highest BCUT2D eigenvalue weighted by Crippen LogP contribution is 2.38. The second-order valence-corrected chi connectivity index (χ2v) is 7.46. The summed E-state index contributed by atoms with van der Waals surface area (Å²) in [5.74, 6) is 1.57. The van der Waals surface area contributed by atoms with Gasteiger partial charge >= 0.3 is 0 Å². The molecule has 0 fully saturated rings. The molecule has 1 aliphatic rings. The molecule has 144 valence electrons. The number of benzene rings is 2. The van der Waals surface area contributed by atoms with E-state index in [2.05, 4.69) is 5.32 Å². The van der Waals surface area contributed by atoms with Gasteiger partial charge in [-0.05, 0) is 48.9 Å². The number of aromatic nitrogens is 2. The Morgan fingerprint density at radius 2 is 1.90 bits per heavy atom. The molecule has 5 rings (SSSR count). The van der Waals surface area contributed by atoms with E-state index < -0.39 is 0 Å². The molecule has 0 saturated carbocycles. The summed E-state index contributed by atoms with van der Waals surface area (Å²) in [7, 11) is 0. The fourth-order valence-corrected chi connectivity index (χ4v) is 4.02. The van der Waals surface area contributed by atoms with Crippen molar-refractivity contribution in [2.75, 3.05) is 5.32 Å². The molecule has 1 N–H and O–H groups in total. The Labute approximate surface area is 169 Å². The summed E-state index contributed by atoms with van der Waals surface area (Å²) in [5, 5.41) is 8.17. The van der Waals surface area contributed by atoms with Gasteiger partial charge in [-0.3, -0.25) is 4.79 Å². The molecule has 2 heterocycles. The average molecular weight is 383 g/mol. The summed E-state index contributed by atoms with van der Waals surface area (Å²) < 4.78 is 7.49. The number of carbonyl (C=O) groups is 1. The van der Waals surface area contributed by atoms with Gasteiger partial charge in [-0.25, -0.2) is 4.68 Å². The summed E-state index contributed by atoms with van der Waals surface area (Å²) in [6, 6.07) is 21.8. The quantitative estimate of drug-likeness (QED) is 0.510. The van der Waals surface area contributed by atoms with Crippen molar-refractivity contribution < 1.29 is 9.21 Å². The van der Waals surface area contributed by atoms with E-state index >= 15 is 0 Å². The molecule has 0 bridgehead atoms. The summed E-state index contributed by atoms with van der Waals surface area (Å²) in [4.78, 5) is 13.2. The fourth-order valence-electron chi connectivity index (χ4n) is 4.02. The number of aryl methyl sites for hydroxylation is 1. The van der Waals surface area contributed by atoms with Crippen molar-refractivity contribution in [3.8, 4) is 5.69 Å². The van der Waals surface area contributed by atoms with Gasteiger partial charge in [0.15, 0.2) is 11.6 Å². The Bertz CT molecular complexity index is 1160. The van der Waals surface area contributed by atoms with Crippen LogP contribution in [-0.4, -0.2) is 15.6 Å². The first-order valence-corrected chi connectivity index (χ1v) is 9.76. The van der Waals surface area contributed by atoms with Crippen LogP contribution in [0.25, 0.3) is 5.69 Å². The second-order valence-electron chi connectivity index (χ2n) is 7.46. The zero-order chi connectivity index (χ0) is 19.8. The molecule has 0 radical (unpaired) electrons. The molecule has 2 aromatic carbocycles. The summed E-state index contributed by atoms with van der Waals surface area (Å²) >= 11 is 0. The number of rotatable bonds is 4. The first-order chi connectivity index (χ1) is 14.2. The number of fused-ring (bicyclic) bond motifs is 1. The number of furan rings is 1. The zero-order valence-corrected chi connectivity index (χ0v) is 16.1. The lowest BCUT2D eigenvalue weighted by Gasteiger charge is -2.21. The van der Waals surface area contributed by atoms with Gasteiger partial charge in [0.25, 0.3) is 0 Å². The maximum atomic E-state index is 13.2. The van der Waals surface area contributed by atoms with Gasteiger partial charge in [-0.15, -0.1) is 5.10 Å². The molecule has 4 aromatic rings. The molecule has 5 nitrogen and oxygen atoms in total.